The molecule has 5 rings (SSSR count). The number of nitrogens with one attached hydrogen (secondary N) is 3. The van der Waals surface area contributed by atoms with Crippen LogP contribution < -0.4 is 16.0 Å². The van der Waals surface area contributed by atoms with Crippen molar-refractivity contribution in [2.45, 2.75) is 50.4 Å². The zero-order valence-electron chi connectivity index (χ0n) is 20.1. The Hall–Kier alpha value is -3.82. The van der Waals surface area contributed by atoms with E-state index in [0.29, 0.717) is 18.5 Å². The highest BCUT2D eigenvalue weighted by Gasteiger charge is 2.34. The minimum Gasteiger partial charge on any atom is -0.363 e. The monoisotopic (exact) mass is 511 g/mol. The number of nitrogens with zero attached hydrogens (tertiary/aromatic N) is 2. The molecule has 1 aromatic heterocycles. The van der Waals surface area contributed by atoms with Gasteiger partial charge in [-0.15, -0.1) is 0 Å². The summed E-state index contributed by atoms with van der Waals surface area (Å²) in [5.41, 5.74) is 4.09. The zero-order chi connectivity index (χ0) is 26.0. The predicted octanol–water partition coefficient (Wildman–Crippen LogP) is 5.40. The van der Waals surface area contributed by atoms with E-state index in [1.807, 2.05) is 24.3 Å². The van der Waals surface area contributed by atoms with Crippen LogP contribution in [0.15, 0.2) is 54.6 Å². The van der Waals surface area contributed by atoms with E-state index in [2.05, 4.69) is 40.2 Å². The van der Waals surface area contributed by atoms with Gasteiger partial charge in [-0.1, -0.05) is 24.3 Å². The fourth-order valence-corrected chi connectivity index (χ4v) is 5.08. The number of rotatable bonds is 5. The molecule has 194 valence electrons. The fraction of sp³-hybridized carbons (Fsp3) is 0.370. The first kappa shape index (κ1) is 24.9. The first-order chi connectivity index (χ1) is 17.7. The number of aromatic nitrogens is 1. The number of alkyl halides is 3. The van der Waals surface area contributed by atoms with Crippen molar-refractivity contribution in [3.63, 3.8) is 0 Å². The molecule has 0 bridgehead atoms. The second kappa shape index (κ2) is 10.3. The van der Waals surface area contributed by atoms with Crippen LogP contribution in [0.1, 0.15) is 42.9 Å². The molecule has 1 atom stereocenters. The molecule has 0 radical (unpaired) electrons. The Bertz CT molecular complexity index is 1300. The average molecular weight is 512 g/mol. The minimum atomic E-state index is -4.51. The van der Waals surface area contributed by atoms with Gasteiger partial charge in [-0.2, -0.15) is 13.2 Å². The molecular formula is C27H28F3N5O2. The van der Waals surface area contributed by atoms with E-state index < -0.39 is 24.5 Å². The molecule has 37 heavy (non-hydrogen) atoms. The Labute approximate surface area is 212 Å². The third-order valence-electron chi connectivity index (χ3n) is 6.94. The molecule has 1 fully saturated rings. The lowest BCUT2D eigenvalue weighted by molar-refractivity contribution is -0.162. The van der Waals surface area contributed by atoms with Crippen molar-refractivity contribution in [2.24, 2.45) is 0 Å². The number of fused-ring (bicyclic) bond motifs is 2. The summed E-state index contributed by atoms with van der Waals surface area (Å²) < 4.78 is 37.3. The van der Waals surface area contributed by atoms with Crippen molar-refractivity contribution in [3.8, 4) is 0 Å². The number of anilines is 2. The SMILES string of the molecule is O=C(Nc1ccc2nc(NC3CCc4ccccc43)ccc2c1)NC1CCN(C(=O)CC(F)(F)F)CC1. The van der Waals surface area contributed by atoms with Crippen LogP contribution in [0, 0.1) is 0 Å². The molecule has 1 aliphatic heterocycles. The molecule has 1 aliphatic carbocycles. The Balaban J connectivity index is 1.14. The van der Waals surface area contributed by atoms with E-state index in [4.69, 9.17) is 4.98 Å². The number of carbonyl (C=O) groups excluding carboxylic acids is 2. The lowest BCUT2D eigenvalue weighted by atomic mass is 10.0. The number of likely N-dealkylation sites (tertiary alicyclic amines) is 1. The van der Waals surface area contributed by atoms with E-state index in [9.17, 15) is 22.8 Å². The number of pyridine rings is 1. The highest BCUT2D eigenvalue weighted by molar-refractivity contribution is 5.93. The molecule has 2 heterocycles. The number of urea groups is 1. The topological polar surface area (TPSA) is 86.4 Å². The predicted molar refractivity (Wildman–Crippen MR) is 135 cm³/mol. The van der Waals surface area contributed by atoms with Crippen LogP contribution in [0.2, 0.25) is 0 Å². The van der Waals surface area contributed by atoms with Gasteiger partial charge >= 0.3 is 12.2 Å². The van der Waals surface area contributed by atoms with Gasteiger partial charge in [0.1, 0.15) is 12.2 Å². The zero-order valence-corrected chi connectivity index (χ0v) is 20.1. The van der Waals surface area contributed by atoms with Crippen molar-refractivity contribution in [3.05, 3.63) is 65.7 Å². The molecule has 1 unspecified atom stereocenters. The Morgan fingerprint density at radius 3 is 2.57 bits per heavy atom. The van der Waals surface area contributed by atoms with E-state index in [1.54, 1.807) is 6.07 Å². The number of benzene rings is 2. The number of carbonyl (C=O) groups is 2. The lowest BCUT2D eigenvalue weighted by Gasteiger charge is -2.32. The van der Waals surface area contributed by atoms with Gasteiger partial charge in [0.15, 0.2) is 0 Å². The van der Waals surface area contributed by atoms with Gasteiger partial charge in [0, 0.05) is 30.2 Å². The largest absolute Gasteiger partial charge is 0.397 e. The second-order valence-electron chi connectivity index (χ2n) is 9.58. The second-order valence-corrected chi connectivity index (χ2v) is 9.58. The molecule has 3 N–H and O–H groups in total. The van der Waals surface area contributed by atoms with Crippen LogP contribution in [-0.4, -0.2) is 47.1 Å². The van der Waals surface area contributed by atoms with E-state index in [-0.39, 0.29) is 25.2 Å². The van der Waals surface area contributed by atoms with Crippen molar-refractivity contribution < 1.29 is 22.8 Å². The number of piperidine rings is 1. The van der Waals surface area contributed by atoms with Crippen molar-refractivity contribution in [2.75, 3.05) is 23.7 Å². The molecule has 1 saturated heterocycles. The van der Waals surface area contributed by atoms with Crippen molar-refractivity contribution >= 4 is 34.3 Å². The summed E-state index contributed by atoms with van der Waals surface area (Å²) in [5.74, 6) is -0.126. The molecule has 7 nitrogen and oxygen atoms in total. The first-order valence-corrected chi connectivity index (χ1v) is 12.4. The molecular weight excluding hydrogens is 483 g/mol. The number of hydrogen-bond donors (Lipinski definition) is 3. The molecule has 0 spiro atoms. The third kappa shape index (κ3) is 6.12. The van der Waals surface area contributed by atoms with Crippen LogP contribution in [-0.2, 0) is 11.2 Å². The maximum atomic E-state index is 12.5. The summed E-state index contributed by atoms with van der Waals surface area (Å²) in [4.78, 5) is 30.2. The third-order valence-corrected chi connectivity index (χ3v) is 6.94. The molecule has 2 aliphatic rings. The maximum Gasteiger partial charge on any atom is 0.397 e. The maximum absolute atomic E-state index is 12.5. The highest BCUT2D eigenvalue weighted by Crippen LogP contribution is 2.33. The minimum absolute atomic E-state index is 0.185. The normalized spacial score (nSPS) is 17.9. The quantitative estimate of drug-likeness (QED) is 0.428. The van der Waals surface area contributed by atoms with Crippen LogP contribution in [0.25, 0.3) is 10.9 Å². The van der Waals surface area contributed by atoms with Gasteiger partial charge in [0.2, 0.25) is 5.91 Å². The number of amides is 3. The molecule has 10 heteroatoms. The molecule has 0 saturated carbocycles. The van der Waals surface area contributed by atoms with Gasteiger partial charge < -0.3 is 20.9 Å². The highest BCUT2D eigenvalue weighted by atomic mass is 19.4. The first-order valence-electron chi connectivity index (χ1n) is 12.4. The van der Waals surface area contributed by atoms with Crippen molar-refractivity contribution in [1.29, 1.82) is 0 Å². The number of aryl methyl sites for hydroxylation is 1. The summed E-state index contributed by atoms with van der Waals surface area (Å²) in [6, 6.07) is 17.4. The fourth-order valence-electron chi connectivity index (χ4n) is 5.08. The summed E-state index contributed by atoms with van der Waals surface area (Å²) in [6.07, 6.45) is -3.08. The number of halogens is 3. The van der Waals surface area contributed by atoms with Gasteiger partial charge in [-0.25, -0.2) is 9.78 Å². The smallest absolute Gasteiger partial charge is 0.363 e. The van der Waals surface area contributed by atoms with Gasteiger partial charge in [-0.3, -0.25) is 4.79 Å². The summed E-state index contributed by atoms with van der Waals surface area (Å²) in [5, 5.41) is 10.1. The standard InChI is InChI=1S/C27H28F3N5O2/c28-27(29,30)16-25(36)35-13-11-19(12-14-35)31-26(37)32-20-7-9-22-18(15-20)6-10-24(33-22)34-23-8-5-17-3-1-2-4-21(17)23/h1-4,6-7,9-10,15,19,23H,5,8,11-14,16H2,(H,33,34)(H2,31,32,37). The Morgan fingerprint density at radius 2 is 1.78 bits per heavy atom. The van der Waals surface area contributed by atoms with Gasteiger partial charge in [-0.05, 0) is 67.1 Å². The van der Waals surface area contributed by atoms with E-state index in [0.717, 1.165) is 29.6 Å². The number of hydrogen-bond acceptors (Lipinski definition) is 4. The lowest BCUT2D eigenvalue weighted by Crippen LogP contribution is -2.48. The summed E-state index contributed by atoms with van der Waals surface area (Å²) >= 11 is 0. The van der Waals surface area contributed by atoms with Crippen LogP contribution >= 0.6 is 0 Å². The van der Waals surface area contributed by atoms with Gasteiger partial charge in [0.25, 0.3) is 0 Å². The molecule has 3 amide bonds. The summed E-state index contributed by atoms with van der Waals surface area (Å²) in [6.45, 7) is 0.370. The van der Waals surface area contributed by atoms with E-state index >= 15 is 0 Å². The Morgan fingerprint density at radius 1 is 1.00 bits per heavy atom. The average Bonchev–Trinajstić information content (AvgIpc) is 3.26. The van der Waals surface area contributed by atoms with Crippen LogP contribution in [0.5, 0.6) is 0 Å². The Kier molecular flexibility index (Phi) is 6.90. The van der Waals surface area contributed by atoms with Gasteiger partial charge in [0.05, 0.1) is 11.6 Å². The van der Waals surface area contributed by atoms with Crippen molar-refractivity contribution in [1.82, 2.24) is 15.2 Å². The summed E-state index contributed by atoms with van der Waals surface area (Å²) in [7, 11) is 0. The van der Waals surface area contributed by atoms with Crippen LogP contribution in [0.4, 0.5) is 29.5 Å². The molecule has 2 aromatic carbocycles. The van der Waals surface area contributed by atoms with Crippen LogP contribution in [0.3, 0.4) is 0 Å². The molecule has 3 aromatic rings. The van der Waals surface area contributed by atoms with E-state index in [1.165, 1.54) is 16.0 Å².